The van der Waals surface area contributed by atoms with E-state index in [4.69, 9.17) is 5.26 Å². The Bertz CT molecular complexity index is 366. The Hall–Kier alpha value is -1.08. The van der Waals surface area contributed by atoms with Gasteiger partial charge in [-0.25, -0.2) is 4.98 Å². The molecule has 0 saturated carbocycles. The van der Waals surface area contributed by atoms with E-state index in [1.807, 2.05) is 19.0 Å². The lowest BCUT2D eigenvalue weighted by molar-refractivity contribution is 0.571. The van der Waals surface area contributed by atoms with Crippen molar-refractivity contribution in [3.63, 3.8) is 0 Å². The molecule has 0 radical (unpaired) electrons. The van der Waals surface area contributed by atoms with E-state index in [0.29, 0.717) is 0 Å². The summed E-state index contributed by atoms with van der Waals surface area (Å²) in [5.41, 5.74) is 0.837. The van der Waals surface area contributed by atoms with E-state index in [1.54, 1.807) is 0 Å². The van der Waals surface area contributed by atoms with E-state index in [2.05, 4.69) is 31.8 Å². The van der Waals surface area contributed by atoms with E-state index in [1.165, 1.54) is 11.3 Å². The fourth-order valence-corrected chi connectivity index (χ4v) is 2.08. The van der Waals surface area contributed by atoms with Crippen LogP contribution in [0.25, 0.3) is 0 Å². The molecule has 0 unspecified atom stereocenters. The minimum absolute atomic E-state index is 0.0597. The highest BCUT2D eigenvalue weighted by Gasteiger charge is 2.23. The summed E-state index contributed by atoms with van der Waals surface area (Å²) < 4.78 is 0. The molecule has 0 fully saturated rings. The zero-order valence-corrected chi connectivity index (χ0v) is 10.1. The first-order valence-corrected chi connectivity index (χ1v) is 5.26. The third kappa shape index (κ3) is 2.05. The topological polar surface area (TPSA) is 39.9 Å². The summed E-state index contributed by atoms with van der Waals surface area (Å²) in [6.45, 7) is 6.22. The van der Waals surface area contributed by atoms with Gasteiger partial charge in [0, 0.05) is 19.5 Å². The maximum Gasteiger partial charge on any atom is 0.186 e. The number of nitriles is 1. The summed E-state index contributed by atoms with van der Waals surface area (Å²) >= 11 is 1.45. The fourth-order valence-electron chi connectivity index (χ4n) is 1.08. The van der Waals surface area contributed by atoms with Gasteiger partial charge in [0.15, 0.2) is 5.13 Å². The van der Waals surface area contributed by atoms with Gasteiger partial charge in [0.2, 0.25) is 0 Å². The standard InChI is InChI=1S/C10H15N3S/c1-10(2,3)8-7(6-11)14-9(12-8)13(4)5/h1-5H3. The minimum atomic E-state index is -0.0597. The van der Waals surface area contributed by atoms with Gasteiger partial charge in [-0.15, -0.1) is 0 Å². The van der Waals surface area contributed by atoms with Crippen LogP contribution >= 0.6 is 11.3 Å². The van der Waals surface area contributed by atoms with Crippen molar-refractivity contribution in [1.29, 1.82) is 5.26 Å². The molecule has 0 aliphatic carbocycles. The van der Waals surface area contributed by atoms with Gasteiger partial charge in [-0.05, 0) is 0 Å². The molecule has 3 nitrogen and oxygen atoms in total. The van der Waals surface area contributed by atoms with Gasteiger partial charge in [-0.3, -0.25) is 0 Å². The second kappa shape index (κ2) is 3.58. The van der Waals surface area contributed by atoms with Crippen molar-refractivity contribution in [2.24, 2.45) is 0 Å². The SMILES string of the molecule is CN(C)c1nc(C(C)(C)C)c(C#N)s1. The number of aromatic nitrogens is 1. The highest BCUT2D eigenvalue weighted by molar-refractivity contribution is 7.16. The van der Waals surface area contributed by atoms with Gasteiger partial charge >= 0.3 is 0 Å². The number of rotatable bonds is 1. The Morgan fingerprint density at radius 2 is 1.93 bits per heavy atom. The first-order chi connectivity index (χ1) is 6.36. The fraction of sp³-hybridized carbons (Fsp3) is 0.600. The van der Waals surface area contributed by atoms with E-state index in [0.717, 1.165) is 15.7 Å². The average Bonchev–Trinajstić information content (AvgIpc) is 2.46. The Balaban J connectivity index is 3.24. The Kier molecular flexibility index (Phi) is 2.81. The van der Waals surface area contributed by atoms with Crippen molar-refractivity contribution in [1.82, 2.24) is 4.98 Å². The quantitative estimate of drug-likeness (QED) is 0.713. The molecular formula is C10H15N3S. The van der Waals surface area contributed by atoms with Gasteiger partial charge in [0.1, 0.15) is 10.9 Å². The molecule has 14 heavy (non-hydrogen) atoms. The van der Waals surface area contributed by atoms with Crippen molar-refractivity contribution >= 4 is 16.5 Å². The molecule has 0 spiro atoms. The van der Waals surface area contributed by atoms with E-state index < -0.39 is 0 Å². The van der Waals surface area contributed by atoms with Crippen molar-refractivity contribution in [2.75, 3.05) is 19.0 Å². The molecule has 0 atom stereocenters. The smallest absolute Gasteiger partial charge is 0.186 e. The molecule has 1 heterocycles. The van der Waals surface area contributed by atoms with Crippen molar-refractivity contribution in [2.45, 2.75) is 26.2 Å². The summed E-state index contributed by atoms with van der Waals surface area (Å²) in [4.78, 5) is 7.13. The molecule has 1 aromatic rings. The van der Waals surface area contributed by atoms with Crippen LogP contribution < -0.4 is 4.90 Å². The van der Waals surface area contributed by atoms with Crippen molar-refractivity contribution in [3.05, 3.63) is 10.6 Å². The number of nitrogens with zero attached hydrogens (tertiary/aromatic N) is 3. The largest absolute Gasteiger partial charge is 0.354 e. The molecule has 0 aliphatic heterocycles. The molecule has 0 aromatic carbocycles. The molecule has 76 valence electrons. The van der Waals surface area contributed by atoms with Gasteiger partial charge in [0.05, 0.1) is 5.69 Å². The van der Waals surface area contributed by atoms with Crippen LogP contribution in [0, 0.1) is 11.3 Å². The highest BCUT2D eigenvalue weighted by atomic mass is 32.1. The lowest BCUT2D eigenvalue weighted by atomic mass is 9.91. The van der Waals surface area contributed by atoms with E-state index in [9.17, 15) is 0 Å². The Morgan fingerprint density at radius 3 is 2.21 bits per heavy atom. The number of thiazole rings is 1. The van der Waals surface area contributed by atoms with Crippen LogP contribution in [-0.2, 0) is 5.41 Å². The maximum absolute atomic E-state index is 8.98. The van der Waals surface area contributed by atoms with Crippen LogP contribution in [0.1, 0.15) is 31.3 Å². The van der Waals surface area contributed by atoms with Crippen LogP contribution in [0.5, 0.6) is 0 Å². The van der Waals surface area contributed by atoms with Crippen LogP contribution in [0.15, 0.2) is 0 Å². The zero-order valence-electron chi connectivity index (χ0n) is 9.25. The highest BCUT2D eigenvalue weighted by Crippen LogP contribution is 2.32. The normalized spacial score (nSPS) is 11.1. The molecule has 0 bridgehead atoms. The van der Waals surface area contributed by atoms with Crippen LogP contribution in [0.2, 0.25) is 0 Å². The predicted octanol–water partition coefficient (Wildman–Crippen LogP) is 2.38. The monoisotopic (exact) mass is 209 g/mol. The zero-order chi connectivity index (χ0) is 10.9. The van der Waals surface area contributed by atoms with Crippen LogP contribution in [0.4, 0.5) is 5.13 Å². The molecule has 0 N–H and O–H groups in total. The summed E-state index contributed by atoms with van der Waals surface area (Å²) in [6.07, 6.45) is 0. The third-order valence-corrected chi connectivity index (χ3v) is 2.94. The molecular weight excluding hydrogens is 194 g/mol. The summed E-state index contributed by atoms with van der Waals surface area (Å²) in [7, 11) is 3.87. The molecule has 1 rings (SSSR count). The second-order valence-electron chi connectivity index (χ2n) is 4.43. The van der Waals surface area contributed by atoms with Gasteiger partial charge < -0.3 is 4.90 Å². The molecule has 0 aliphatic rings. The minimum Gasteiger partial charge on any atom is -0.354 e. The van der Waals surface area contributed by atoms with Gasteiger partial charge in [-0.2, -0.15) is 5.26 Å². The Labute approximate surface area is 89.0 Å². The predicted molar refractivity (Wildman–Crippen MR) is 59.9 cm³/mol. The lowest BCUT2D eigenvalue weighted by Crippen LogP contribution is -2.14. The summed E-state index contributed by atoms with van der Waals surface area (Å²) in [5.74, 6) is 0. The van der Waals surface area contributed by atoms with Gasteiger partial charge in [0.25, 0.3) is 0 Å². The first kappa shape index (κ1) is 11.0. The maximum atomic E-state index is 8.98. The van der Waals surface area contributed by atoms with Gasteiger partial charge in [-0.1, -0.05) is 32.1 Å². The average molecular weight is 209 g/mol. The third-order valence-electron chi connectivity index (χ3n) is 1.81. The number of hydrogen-bond donors (Lipinski definition) is 0. The first-order valence-electron chi connectivity index (χ1n) is 4.45. The second-order valence-corrected chi connectivity index (χ2v) is 5.41. The molecule has 4 heteroatoms. The van der Waals surface area contributed by atoms with Crippen molar-refractivity contribution in [3.8, 4) is 6.07 Å². The van der Waals surface area contributed by atoms with Crippen LogP contribution in [0.3, 0.4) is 0 Å². The molecule has 0 amide bonds. The Morgan fingerprint density at radius 1 is 1.36 bits per heavy atom. The van der Waals surface area contributed by atoms with E-state index in [-0.39, 0.29) is 5.41 Å². The number of hydrogen-bond acceptors (Lipinski definition) is 4. The number of anilines is 1. The molecule has 0 saturated heterocycles. The molecule has 1 aromatic heterocycles. The summed E-state index contributed by atoms with van der Waals surface area (Å²) in [6, 6.07) is 2.21. The van der Waals surface area contributed by atoms with E-state index >= 15 is 0 Å². The lowest BCUT2D eigenvalue weighted by Gasteiger charge is -2.15. The van der Waals surface area contributed by atoms with Crippen LogP contribution in [-0.4, -0.2) is 19.1 Å². The summed E-state index contributed by atoms with van der Waals surface area (Å²) in [5, 5.41) is 9.87. The van der Waals surface area contributed by atoms with Crippen molar-refractivity contribution < 1.29 is 0 Å².